The van der Waals surface area contributed by atoms with Gasteiger partial charge in [-0.25, -0.2) is 14.6 Å². The smallest absolute Gasteiger partial charge is 0.326 e. The molecule has 4 aliphatic rings. The molecule has 140 heavy (non-hydrogen) atoms. The number of carbonyl (C=O) groups is 18. The van der Waals surface area contributed by atoms with Crippen molar-refractivity contribution < 1.29 is 96.5 Å². The Morgan fingerprint density at radius 1 is 0.500 bits per heavy atom. The number of unbranched alkanes of at least 4 members (excludes halogenated alkanes) is 3. The number of benzene rings is 4. The summed E-state index contributed by atoms with van der Waals surface area (Å²) in [6.07, 6.45) is 6.56. The number of rotatable bonds is 56. The molecule has 0 radical (unpaired) electrons. The number of phenols is 1. The molecule has 4 aromatic carbocycles. The zero-order chi connectivity index (χ0) is 101. The largest absolute Gasteiger partial charge is 0.508 e. The summed E-state index contributed by atoms with van der Waals surface area (Å²) >= 11 is 1.75. The molecule has 17 amide bonds. The molecule has 6 aromatic rings. The lowest BCUT2D eigenvalue weighted by atomic mass is 9.98. The van der Waals surface area contributed by atoms with Gasteiger partial charge in [0.15, 0.2) is 5.78 Å². The third kappa shape index (κ3) is 32.4. The van der Waals surface area contributed by atoms with Crippen LogP contribution in [0.1, 0.15) is 201 Å². The number of fused-ring (bicyclic) bond motifs is 2. The maximum atomic E-state index is 15.4. The van der Waals surface area contributed by atoms with Crippen LogP contribution in [0.2, 0.25) is 0 Å². The van der Waals surface area contributed by atoms with Crippen molar-refractivity contribution >= 4 is 129 Å². The quantitative estimate of drug-likeness (QED) is 0.0147. The second kappa shape index (κ2) is 53.4. The second-order valence-electron chi connectivity index (χ2n) is 37.0. The van der Waals surface area contributed by atoms with Gasteiger partial charge in [-0.2, -0.15) is 11.8 Å². The average molecular weight is 1960 g/mol. The first-order valence-corrected chi connectivity index (χ1v) is 49.2. The molecule has 0 saturated carbocycles. The van der Waals surface area contributed by atoms with Gasteiger partial charge >= 0.3 is 12.0 Å². The Hall–Kier alpha value is -13.8. The number of para-hydroxylation sites is 1. The summed E-state index contributed by atoms with van der Waals surface area (Å²) < 4.78 is 0. The molecule has 4 saturated heterocycles. The number of likely N-dealkylation sites (tertiary alicyclic amines) is 2. The zero-order valence-electron chi connectivity index (χ0n) is 79.6. The Labute approximate surface area is 815 Å². The molecule has 6 heterocycles. The molecule has 41 nitrogen and oxygen atoms in total. The number of thioether (sulfide) groups is 1. The molecule has 0 unspecified atom stereocenters. The Bertz CT molecular complexity index is 5320. The molecule has 23 N–H and O–H groups in total. The Morgan fingerprint density at radius 2 is 1.00 bits per heavy atom. The summed E-state index contributed by atoms with van der Waals surface area (Å²) in [7, 11) is 0. The lowest BCUT2D eigenvalue weighted by Crippen LogP contribution is -2.61. The zero-order valence-corrected chi connectivity index (χ0v) is 80.4. The van der Waals surface area contributed by atoms with Crippen LogP contribution in [0.25, 0.3) is 10.9 Å². The number of aromatic hydroxyl groups is 1. The van der Waals surface area contributed by atoms with Crippen molar-refractivity contribution in [2.45, 2.75) is 279 Å². The van der Waals surface area contributed by atoms with Gasteiger partial charge < -0.3 is 116 Å². The normalized spacial score (nSPS) is 18.1. The summed E-state index contributed by atoms with van der Waals surface area (Å²) in [5, 5.41) is 56.6. The number of aromatic nitrogens is 3. The number of primary amides is 2. The Kier molecular flexibility index (Phi) is 41.3. The van der Waals surface area contributed by atoms with E-state index < -0.39 is 193 Å². The number of phenolic OH excluding ortho intramolecular Hbond substituents is 1. The van der Waals surface area contributed by atoms with E-state index in [1.54, 1.807) is 100 Å². The van der Waals surface area contributed by atoms with E-state index in [-0.39, 0.29) is 150 Å². The highest BCUT2D eigenvalue weighted by Crippen LogP contribution is 2.34. The van der Waals surface area contributed by atoms with Crippen molar-refractivity contribution in [3.63, 3.8) is 0 Å². The van der Waals surface area contributed by atoms with Gasteiger partial charge in [0.25, 0.3) is 0 Å². The van der Waals surface area contributed by atoms with E-state index in [0.29, 0.717) is 78.5 Å². The molecule has 0 aliphatic carbocycles. The SMILES string of the molecule is CCCC[C@H](NC(=O)[C@@H]1CCCN1C(=O)[C@H](CCC(N)=O)NC(=O)CNC(=O)[C@@H]1CCCN1C(=O)[C@H](CCCCN)NC(=O)[C@H](CC(C)C)NC(=O)[C@H](CCC(N)=O)NC(=O)[C@H](CC(C)C)NC(=O)[C@H](Cc1ccc(C(=O)c2ccccc2)cc1)NC(=O)[C@H](Cc1cnc[nH]1)NC(=O)[C@H](Cc1c[nH]c2ccccc12)NC(=O)CCCC[C@@H]1SC[C@@H]2NC(=O)N[C@@H]21)C(=O)N[C@@H](Cc1ccc(O)cc1)C(=O)O. The summed E-state index contributed by atoms with van der Waals surface area (Å²) in [6, 6.07) is 10.9. The topological polar surface area (TPSA) is 633 Å². The average Bonchev–Trinajstić information content (AvgIpc) is 1.66. The first kappa shape index (κ1) is 108. The third-order valence-electron chi connectivity index (χ3n) is 25.2. The molecular weight excluding hydrogens is 1820 g/mol. The molecule has 2 aromatic heterocycles. The summed E-state index contributed by atoms with van der Waals surface area (Å²) in [5.41, 5.74) is 20.6. The Morgan fingerprint density at radius 3 is 1.59 bits per heavy atom. The first-order valence-electron chi connectivity index (χ1n) is 48.1. The number of nitrogens with zero attached hydrogens (tertiary/aromatic N) is 3. The molecule has 4 aliphatic heterocycles. The van der Waals surface area contributed by atoms with Crippen molar-refractivity contribution in [3.05, 3.63) is 155 Å². The van der Waals surface area contributed by atoms with Crippen LogP contribution in [0.4, 0.5) is 4.79 Å². The lowest BCUT2D eigenvalue weighted by molar-refractivity contribution is -0.144. The molecule has 0 spiro atoms. The lowest BCUT2D eigenvalue weighted by Gasteiger charge is -2.31. The molecular formula is C98H133N21O20S. The van der Waals surface area contributed by atoms with E-state index in [4.69, 9.17) is 17.2 Å². The maximum Gasteiger partial charge on any atom is 0.326 e. The number of carboxylic acids is 1. The molecule has 0 bridgehead atoms. The number of hydrogen-bond donors (Lipinski definition) is 20. The van der Waals surface area contributed by atoms with Gasteiger partial charge in [0.1, 0.15) is 78.3 Å². The van der Waals surface area contributed by atoms with E-state index >= 15 is 19.2 Å². The fraction of sp³-hybridized carbons (Fsp3) is 0.520. The Balaban J connectivity index is 0.815. The number of H-pyrrole nitrogens is 2. The van der Waals surface area contributed by atoms with Crippen LogP contribution >= 0.6 is 11.8 Å². The van der Waals surface area contributed by atoms with Crippen LogP contribution < -0.4 is 86.3 Å². The van der Waals surface area contributed by atoms with Crippen LogP contribution in [0.5, 0.6) is 5.75 Å². The van der Waals surface area contributed by atoms with E-state index in [9.17, 15) is 77.3 Å². The summed E-state index contributed by atoms with van der Waals surface area (Å²) in [5.74, 6) is -13.9. The van der Waals surface area contributed by atoms with Gasteiger partial charge in [-0.15, -0.1) is 0 Å². The second-order valence-corrected chi connectivity index (χ2v) is 38.3. The number of hydrogen-bond acceptors (Lipinski definition) is 22. The fourth-order valence-corrected chi connectivity index (χ4v) is 19.3. The summed E-state index contributed by atoms with van der Waals surface area (Å²) in [6.45, 7) is 8.33. The predicted molar refractivity (Wildman–Crippen MR) is 518 cm³/mol. The maximum absolute atomic E-state index is 15.4. The number of carboxylic acid groups (broad SMARTS) is 1. The standard InChI is InChI=1S/C98H133N21O20S/c1-6-7-22-66(86(126)115-75(97(137)138)47-58-31-35-63(120)36-32-58)109-94(134)78-26-18-43-119(78)96(136)69(38-40-81(101)122)106-83(124)52-104-93(133)77-25-17-42-118(77)95(135)68(24-15-16-41-99)110-89(129)71(45-56(4)5)111-87(127)67(37-39-80(100)121)108-88(128)70(44-55(2)3)112-90(130)72(46-57-29-33-60(34-30-57)85(125)59-19-9-8-10-20-59)113-92(132)74(49-62-51-102-54-105-62)114-91(131)73(48-61-50-103-65-23-12-11-21-64(61)65)107-82(123)28-14-13-27-79-84-76(53-140-79)116-98(139)117-84/h8-12,19-21,23,29-36,50-51,54-56,66-79,84,103,120H,6-7,13-18,22,24-28,37-49,52-53,99H2,1-5H3,(H2,100,121)(H2,101,122)(H,102,105)(H,104,133)(H,106,124)(H,107,123)(H,108,128)(H,109,134)(H,110,129)(H,111,127)(H,112,130)(H,113,132)(H,114,131)(H,115,126)(H,137,138)(H2,116,117,139)/t66-,67-,68-,69-,70-,71-,72-,73-,74-,75-,76-,77-,78-,79-,84-/m0/s1. The highest BCUT2D eigenvalue weighted by molar-refractivity contribution is 8.00. The molecule has 15 atom stereocenters. The van der Waals surface area contributed by atoms with Crippen LogP contribution in [0.15, 0.2) is 122 Å². The van der Waals surface area contributed by atoms with Gasteiger partial charge in [-0.05, 0) is 143 Å². The van der Waals surface area contributed by atoms with Gasteiger partial charge in [0.2, 0.25) is 88.6 Å². The number of ketones is 1. The van der Waals surface area contributed by atoms with Crippen molar-refractivity contribution in [2.24, 2.45) is 29.0 Å². The van der Waals surface area contributed by atoms with E-state index in [1.165, 1.54) is 46.6 Å². The minimum atomic E-state index is -1.64. The third-order valence-corrected chi connectivity index (χ3v) is 26.7. The number of carbonyl (C=O) groups excluding carboxylic acids is 17. The number of amides is 17. The van der Waals surface area contributed by atoms with Crippen LogP contribution in [0, 0.1) is 11.8 Å². The molecule has 42 heteroatoms. The van der Waals surface area contributed by atoms with Crippen LogP contribution in [-0.2, 0) is 102 Å². The van der Waals surface area contributed by atoms with Crippen molar-refractivity contribution in [1.82, 2.24) is 93.9 Å². The number of urea groups is 1. The predicted octanol–water partition coefficient (Wildman–Crippen LogP) is 1.80. The van der Waals surface area contributed by atoms with Crippen molar-refractivity contribution in [1.29, 1.82) is 0 Å². The number of aromatic amines is 2. The van der Waals surface area contributed by atoms with E-state index in [1.807, 2.05) is 31.2 Å². The number of nitrogens with two attached hydrogens (primary N) is 3. The van der Waals surface area contributed by atoms with Gasteiger partial charge in [-0.1, -0.05) is 139 Å². The highest BCUT2D eigenvalue weighted by Gasteiger charge is 2.45. The number of nitrogens with one attached hydrogen (secondary N) is 15. The minimum absolute atomic E-state index is 0.0130. The molecule has 4 fully saturated rings. The van der Waals surface area contributed by atoms with Crippen molar-refractivity contribution in [3.8, 4) is 5.75 Å². The number of imidazole rings is 1. The van der Waals surface area contributed by atoms with Crippen LogP contribution in [0.3, 0.4) is 0 Å². The highest BCUT2D eigenvalue weighted by atomic mass is 32.2. The van der Waals surface area contributed by atoms with Crippen molar-refractivity contribution in [2.75, 3.05) is 31.9 Å². The minimum Gasteiger partial charge on any atom is -0.508 e. The first-order chi connectivity index (χ1) is 67.0. The monoisotopic (exact) mass is 1960 g/mol. The molecule has 756 valence electrons. The van der Waals surface area contributed by atoms with E-state index in [0.717, 1.165) is 23.1 Å². The summed E-state index contributed by atoms with van der Waals surface area (Å²) in [4.78, 5) is 267. The van der Waals surface area contributed by atoms with Gasteiger partial charge in [0.05, 0.1) is 25.0 Å². The van der Waals surface area contributed by atoms with Gasteiger partial charge in [0, 0.05) is 109 Å². The molecule has 10 rings (SSSR count). The van der Waals surface area contributed by atoms with Gasteiger partial charge in [-0.3, -0.25) is 76.7 Å². The fourth-order valence-electron chi connectivity index (χ4n) is 17.8. The van der Waals surface area contributed by atoms with Crippen LogP contribution in [-0.4, -0.2) is 263 Å². The van der Waals surface area contributed by atoms with E-state index in [2.05, 4.69) is 84.1 Å². The number of aliphatic carboxylic acids is 1.